The molecule has 0 aliphatic heterocycles. The lowest BCUT2D eigenvalue weighted by Crippen LogP contribution is -2.18. The molecule has 2 aromatic rings. The minimum atomic E-state index is -4.88. The molecule has 0 bridgehead atoms. The zero-order chi connectivity index (χ0) is 17.7. The Hall–Kier alpha value is -2.84. The molecule has 1 heterocycles. The molecule has 0 radical (unpaired) electrons. The van der Waals surface area contributed by atoms with E-state index in [1.807, 2.05) is 6.07 Å². The first-order chi connectivity index (χ1) is 11.3. The van der Waals surface area contributed by atoms with Gasteiger partial charge in [-0.3, -0.25) is 0 Å². The largest absolute Gasteiger partial charge is 0.508 e. The molecule has 0 aliphatic rings. The number of nitrogens with zero attached hydrogens (tertiary/aromatic N) is 2. The number of aromatic carboxylic acids is 1. The summed E-state index contributed by atoms with van der Waals surface area (Å²) >= 11 is 0. The van der Waals surface area contributed by atoms with Gasteiger partial charge < -0.3 is 15.5 Å². The third-order valence-electron chi connectivity index (χ3n) is 3.12. The number of aromatic hydroxyl groups is 1. The SMILES string of the molecule is O=C(O)c1cnc(NCCCc2cccc(O)c2)nc1C(F)(F)F. The molecule has 0 amide bonds. The number of nitrogens with one attached hydrogen (secondary N) is 1. The number of phenols is 1. The fraction of sp³-hybridized carbons (Fsp3) is 0.267. The van der Waals surface area contributed by atoms with E-state index in [-0.39, 0.29) is 11.7 Å². The first-order valence-electron chi connectivity index (χ1n) is 6.96. The average Bonchev–Trinajstić information content (AvgIpc) is 2.50. The van der Waals surface area contributed by atoms with Crippen molar-refractivity contribution in [3.63, 3.8) is 0 Å². The molecule has 0 aliphatic carbocycles. The average molecular weight is 341 g/mol. The van der Waals surface area contributed by atoms with E-state index in [4.69, 9.17) is 5.11 Å². The lowest BCUT2D eigenvalue weighted by molar-refractivity contribution is -0.141. The number of phenolic OH excluding ortho intramolecular Hbond substituents is 1. The summed E-state index contributed by atoms with van der Waals surface area (Å²) in [6.07, 6.45) is -3.08. The molecule has 0 fully saturated rings. The number of hydrogen-bond donors (Lipinski definition) is 3. The summed E-state index contributed by atoms with van der Waals surface area (Å²) in [5.41, 5.74) is -1.59. The first-order valence-corrected chi connectivity index (χ1v) is 6.96. The normalized spacial score (nSPS) is 11.3. The Morgan fingerprint density at radius 3 is 2.67 bits per heavy atom. The number of aryl methyl sites for hydroxylation is 1. The van der Waals surface area contributed by atoms with Crippen molar-refractivity contribution in [3.8, 4) is 5.75 Å². The highest BCUT2D eigenvalue weighted by atomic mass is 19.4. The second-order valence-electron chi connectivity index (χ2n) is 4.96. The Kier molecular flexibility index (Phi) is 5.22. The standard InChI is InChI=1S/C15H14F3N3O3/c16-15(17,18)12-11(13(23)24)8-20-14(21-12)19-6-2-4-9-3-1-5-10(22)7-9/h1,3,5,7-8,22H,2,4,6H2,(H,23,24)(H,19,20,21). The molecule has 0 unspecified atom stereocenters. The van der Waals surface area contributed by atoms with Crippen molar-refractivity contribution in [1.82, 2.24) is 9.97 Å². The number of alkyl halides is 3. The number of benzene rings is 1. The monoisotopic (exact) mass is 341 g/mol. The van der Waals surface area contributed by atoms with Crippen LogP contribution in [0.15, 0.2) is 30.5 Å². The minimum Gasteiger partial charge on any atom is -0.508 e. The zero-order valence-electron chi connectivity index (χ0n) is 12.3. The van der Waals surface area contributed by atoms with Crippen LogP contribution < -0.4 is 5.32 Å². The lowest BCUT2D eigenvalue weighted by atomic mass is 10.1. The molecule has 3 N–H and O–H groups in total. The van der Waals surface area contributed by atoms with Gasteiger partial charge in [0.05, 0.1) is 0 Å². The highest BCUT2D eigenvalue weighted by Crippen LogP contribution is 2.30. The molecule has 1 aromatic heterocycles. The van der Waals surface area contributed by atoms with Crippen LogP contribution in [0.25, 0.3) is 0 Å². The van der Waals surface area contributed by atoms with E-state index in [0.717, 1.165) is 5.56 Å². The van der Waals surface area contributed by atoms with E-state index in [2.05, 4.69) is 15.3 Å². The Balaban J connectivity index is 1.99. The topological polar surface area (TPSA) is 95.3 Å². The van der Waals surface area contributed by atoms with Crippen molar-refractivity contribution < 1.29 is 28.2 Å². The predicted molar refractivity (Wildman–Crippen MR) is 78.9 cm³/mol. The Labute approximate surface area is 135 Å². The molecule has 24 heavy (non-hydrogen) atoms. The molecule has 1 aromatic carbocycles. The summed E-state index contributed by atoms with van der Waals surface area (Å²) in [7, 11) is 0. The van der Waals surface area contributed by atoms with Gasteiger partial charge in [0.1, 0.15) is 11.3 Å². The molecule has 0 atom stereocenters. The molecule has 0 saturated heterocycles. The number of carbonyl (C=O) groups is 1. The van der Waals surface area contributed by atoms with Gasteiger partial charge in [-0.2, -0.15) is 13.2 Å². The van der Waals surface area contributed by atoms with Crippen LogP contribution in [-0.2, 0) is 12.6 Å². The summed E-state index contributed by atoms with van der Waals surface area (Å²) in [6, 6.07) is 6.65. The molecule has 0 saturated carbocycles. The smallest absolute Gasteiger partial charge is 0.434 e. The van der Waals surface area contributed by atoms with E-state index in [1.165, 1.54) is 6.07 Å². The van der Waals surface area contributed by atoms with Crippen LogP contribution in [-0.4, -0.2) is 32.7 Å². The number of carboxylic acids is 1. The summed E-state index contributed by atoms with van der Waals surface area (Å²) in [5.74, 6) is -1.89. The van der Waals surface area contributed by atoms with Gasteiger partial charge >= 0.3 is 12.1 Å². The van der Waals surface area contributed by atoms with Gasteiger partial charge in [0.2, 0.25) is 5.95 Å². The van der Waals surface area contributed by atoms with Crippen LogP contribution in [0.3, 0.4) is 0 Å². The number of anilines is 1. The van der Waals surface area contributed by atoms with Crippen molar-refractivity contribution in [3.05, 3.63) is 47.3 Å². The maximum absolute atomic E-state index is 12.8. The second kappa shape index (κ2) is 7.16. The van der Waals surface area contributed by atoms with Gasteiger partial charge in [0, 0.05) is 12.7 Å². The fourth-order valence-corrected chi connectivity index (χ4v) is 2.04. The van der Waals surface area contributed by atoms with Crippen LogP contribution in [0.1, 0.15) is 28.0 Å². The van der Waals surface area contributed by atoms with Crippen molar-refractivity contribution >= 4 is 11.9 Å². The number of aromatic nitrogens is 2. The van der Waals surface area contributed by atoms with E-state index in [0.29, 0.717) is 25.6 Å². The summed E-state index contributed by atoms with van der Waals surface area (Å²) in [5, 5.41) is 20.7. The summed E-state index contributed by atoms with van der Waals surface area (Å²) in [4.78, 5) is 17.6. The van der Waals surface area contributed by atoms with E-state index in [1.54, 1.807) is 12.1 Å². The van der Waals surface area contributed by atoms with Gasteiger partial charge in [-0.15, -0.1) is 0 Å². The summed E-state index contributed by atoms with van der Waals surface area (Å²) < 4.78 is 38.5. The number of hydrogen-bond acceptors (Lipinski definition) is 5. The maximum Gasteiger partial charge on any atom is 0.434 e. The van der Waals surface area contributed by atoms with Crippen molar-refractivity contribution in [1.29, 1.82) is 0 Å². The third kappa shape index (κ3) is 4.58. The molecule has 9 heteroatoms. The highest BCUT2D eigenvalue weighted by molar-refractivity contribution is 5.88. The molecule has 128 valence electrons. The summed E-state index contributed by atoms with van der Waals surface area (Å²) in [6.45, 7) is 0.291. The quantitative estimate of drug-likeness (QED) is 0.699. The van der Waals surface area contributed by atoms with Crippen LogP contribution in [0.4, 0.5) is 19.1 Å². The van der Waals surface area contributed by atoms with Crippen LogP contribution >= 0.6 is 0 Å². The molecule has 0 spiro atoms. The number of halogens is 3. The maximum atomic E-state index is 12.8. The number of rotatable bonds is 6. The van der Waals surface area contributed by atoms with Gasteiger partial charge in [0.25, 0.3) is 0 Å². The second-order valence-corrected chi connectivity index (χ2v) is 4.96. The Morgan fingerprint density at radius 2 is 2.04 bits per heavy atom. The van der Waals surface area contributed by atoms with Crippen LogP contribution in [0.2, 0.25) is 0 Å². The third-order valence-corrected chi connectivity index (χ3v) is 3.12. The zero-order valence-corrected chi connectivity index (χ0v) is 12.3. The minimum absolute atomic E-state index is 0.142. The fourth-order valence-electron chi connectivity index (χ4n) is 2.04. The lowest BCUT2D eigenvalue weighted by Gasteiger charge is -2.11. The first kappa shape index (κ1) is 17.5. The molecule has 2 rings (SSSR count). The molecular weight excluding hydrogens is 327 g/mol. The highest BCUT2D eigenvalue weighted by Gasteiger charge is 2.38. The number of carboxylic acid groups (broad SMARTS) is 1. The van der Waals surface area contributed by atoms with Crippen LogP contribution in [0, 0.1) is 0 Å². The van der Waals surface area contributed by atoms with Crippen LogP contribution in [0.5, 0.6) is 5.75 Å². The van der Waals surface area contributed by atoms with E-state index >= 15 is 0 Å². The van der Waals surface area contributed by atoms with Crippen molar-refractivity contribution in [2.75, 3.05) is 11.9 Å². The Bertz CT molecular complexity index is 735. The van der Waals surface area contributed by atoms with Gasteiger partial charge in [-0.25, -0.2) is 14.8 Å². The van der Waals surface area contributed by atoms with Gasteiger partial charge in [-0.1, -0.05) is 12.1 Å². The predicted octanol–water partition coefficient (Wildman–Crippen LogP) is 2.94. The van der Waals surface area contributed by atoms with E-state index in [9.17, 15) is 23.1 Å². The van der Waals surface area contributed by atoms with Crippen molar-refractivity contribution in [2.24, 2.45) is 0 Å². The van der Waals surface area contributed by atoms with Gasteiger partial charge in [-0.05, 0) is 30.5 Å². The molecule has 6 nitrogen and oxygen atoms in total. The van der Waals surface area contributed by atoms with Gasteiger partial charge in [0.15, 0.2) is 5.69 Å². The van der Waals surface area contributed by atoms with E-state index < -0.39 is 23.4 Å². The molecular formula is C15H14F3N3O3. The Morgan fingerprint density at radius 1 is 1.29 bits per heavy atom. The van der Waals surface area contributed by atoms with Crippen molar-refractivity contribution in [2.45, 2.75) is 19.0 Å².